The molecular weight excluding hydrogens is 356 g/mol. The molecule has 1 N–H and O–H groups in total. The molecule has 0 atom stereocenters. The monoisotopic (exact) mass is 380 g/mol. The smallest absolute Gasteiger partial charge is 0.118 e. The minimum Gasteiger partial charge on any atom is -0.497 e. The van der Waals surface area contributed by atoms with Crippen LogP contribution in [-0.4, -0.2) is 12.1 Å². The number of methoxy groups -OCH3 is 1. The molecule has 1 aromatic heterocycles. The van der Waals surface area contributed by atoms with Gasteiger partial charge in [0.2, 0.25) is 0 Å². The molecule has 0 aliphatic rings. The largest absolute Gasteiger partial charge is 0.497 e. The van der Waals surface area contributed by atoms with Gasteiger partial charge in [-0.2, -0.15) is 0 Å². The highest BCUT2D eigenvalue weighted by Gasteiger charge is 2.06. The maximum atomic E-state index is 5.22. The summed E-state index contributed by atoms with van der Waals surface area (Å²) in [7, 11) is 1.67. The van der Waals surface area contributed by atoms with Crippen LogP contribution in [-0.2, 0) is 0 Å². The van der Waals surface area contributed by atoms with E-state index >= 15 is 0 Å². The number of aryl methyl sites for hydroxylation is 2. The van der Waals surface area contributed by atoms with Gasteiger partial charge in [0.1, 0.15) is 5.75 Å². The first kappa shape index (κ1) is 18.8. The minimum atomic E-state index is 0.853. The van der Waals surface area contributed by atoms with Gasteiger partial charge >= 0.3 is 0 Å². The summed E-state index contributed by atoms with van der Waals surface area (Å²) in [4.78, 5) is 4.81. The van der Waals surface area contributed by atoms with Crippen LogP contribution in [0.2, 0.25) is 0 Å². The summed E-state index contributed by atoms with van der Waals surface area (Å²) in [6.07, 6.45) is 4.11. The Morgan fingerprint density at radius 3 is 2.38 bits per heavy atom. The average molecular weight is 380 g/mol. The first-order chi connectivity index (χ1) is 14.1. The van der Waals surface area contributed by atoms with Crippen LogP contribution < -0.4 is 10.1 Å². The van der Waals surface area contributed by atoms with Crippen LogP contribution in [0, 0.1) is 13.8 Å². The summed E-state index contributed by atoms with van der Waals surface area (Å²) in [5.74, 6) is 0.853. The highest BCUT2D eigenvalue weighted by atomic mass is 16.5. The molecule has 0 aliphatic carbocycles. The summed E-state index contributed by atoms with van der Waals surface area (Å²) in [6, 6.07) is 24.8. The molecule has 0 amide bonds. The second-order valence-corrected chi connectivity index (χ2v) is 7.16. The predicted octanol–water partition coefficient (Wildman–Crippen LogP) is 6.77. The van der Waals surface area contributed by atoms with Crippen molar-refractivity contribution in [2.75, 3.05) is 12.4 Å². The lowest BCUT2D eigenvalue weighted by Gasteiger charge is -2.13. The highest BCUT2D eigenvalue weighted by molar-refractivity contribution is 5.94. The molecule has 0 saturated heterocycles. The number of para-hydroxylation sites is 1. The number of ether oxygens (including phenoxy) is 1. The molecule has 0 unspecified atom stereocenters. The first-order valence-corrected chi connectivity index (χ1v) is 9.68. The first-order valence-electron chi connectivity index (χ1n) is 9.68. The second kappa shape index (κ2) is 8.19. The van der Waals surface area contributed by atoms with E-state index in [1.165, 1.54) is 11.1 Å². The zero-order chi connectivity index (χ0) is 20.2. The lowest BCUT2D eigenvalue weighted by Crippen LogP contribution is -1.97. The highest BCUT2D eigenvalue weighted by Crippen LogP contribution is 2.29. The molecule has 0 aliphatic heterocycles. The number of rotatable bonds is 5. The molecule has 29 heavy (non-hydrogen) atoms. The van der Waals surface area contributed by atoms with E-state index in [9.17, 15) is 0 Å². The minimum absolute atomic E-state index is 0.853. The van der Waals surface area contributed by atoms with E-state index in [-0.39, 0.29) is 0 Å². The van der Waals surface area contributed by atoms with Gasteiger partial charge in [0.05, 0.1) is 24.0 Å². The van der Waals surface area contributed by atoms with Crippen LogP contribution in [0.25, 0.3) is 23.1 Å². The fraction of sp³-hybridized carbons (Fsp3) is 0.115. The van der Waals surface area contributed by atoms with Gasteiger partial charge < -0.3 is 10.1 Å². The van der Waals surface area contributed by atoms with Crippen molar-refractivity contribution in [2.24, 2.45) is 0 Å². The van der Waals surface area contributed by atoms with Crippen LogP contribution in [0.3, 0.4) is 0 Å². The number of hydrogen-bond donors (Lipinski definition) is 1. The molecule has 0 spiro atoms. The van der Waals surface area contributed by atoms with E-state index in [2.05, 4.69) is 55.6 Å². The van der Waals surface area contributed by atoms with Gasteiger partial charge in [-0.1, -0.05) is 54.1 Å². The van der Waals surface area contributed by atoms with Gasteiger partial charge in [-0.15, -0.1) is 0 Å². The van der Waals surface area contributed by atoms with Gasteiger partial charge in [-0.3, -0.25) is 0 Å². The van der Waals surface area contributed by atoms with E-state index in [0.29, 0.717) is 0 Å². The maximum absolute atomic E-state index is 5.22. The quantitative estimate of drug-likeness (QED) is 0.415. The zero-order valence-electron chi connectivity index (χ0n) is 16.9. The number of benzene rings is 3. The molecule has 4 aromatic rings. The molecule has 0 radical (unpaired) electrons. The molecular formula is C26H24N2O. The summed E-state index contributed by atoms with van der Waals surface area (Å²) >= 11 is 0. The Bertz CT molecular complexity index is 1180. The van der Waals surface area contributed by atoms with E-state index < -0.39 is 0 Å². The molecule has 1 heterocycles. The second-order valence-electron chi connectivity index (χ2n) is 7.16. The predicted molar refractivity (Wildman–Crippen MR) is 123 cm³/mol. The number of nitrogens with one attached hydrogen (secondary N) is 1. The van der Waals surface area contributed by atoms with E-state index in [1.807, 2.05) is 48.5 Å². The fourth-order valence-corrected chi connectivity index (χ4v) is 3.38. The topological polar surface area (TPSA) is 34.1 Å². The molecule has 144 valence electrons. The number of pyridine rings is 1. The van der Waals surface area contributed by atoms with Crippen LogP contribution in [0.5, 0.6) is 5.75 Å². The standard InChI is InChI=1S/C26H24N2O/c1-18-8-15-24(19(2)16-18)28-26-17-21(27-25-7-5-4-6-23(25)26)12-9-20-10-13-22(29-3)14-11-20/h4-17H,1-3H3,(H,27,28). The van der Waals surface area contributed by atoms with Crippen molar-refractivity contribution in [3.05, 3.63) is 95.2 Å². The third-order valence-electron chi connectivity index (χ3n) is 4.95. The van der Waals surface area contributed by atoms with Crippen molar-refractivity contribution in [1.82, 2.24) is 4.98 Å². The van der Waals surface area contributed by atoms with E-state index in [1.54, 1.807) is 7.11 Å². The Morgan fingerprint density at radius 2 is 1.62 bits per heavy atom. The normalized spacial score (nSPS) is 11.1. The lowest BCUT2D eigenvalue weighted by atomic mass is 10.1. The van der Waals surface area contributed by atoms with Crippen molar-refractivity contribution in [2.45, 2.75) is 13.8 Å². The summed E-state index contributed by atoms with van der Waals surface area (Å²) < 4.78 is 5.22. The Kier molecular flexibility index (Phi) is 5.30. The van der Waals surface area contributed by atoms with Crippen molar-refractivity contribution in [3.63, 3.8) is 0 Å². The fourth-order valence-electron chi connectivity index (χ4n) is 3.38. The zero-order valence-corrected chi connectivity index (χ0v) is 16.9. The van der Waals surface area contributed by atoms with Gasteiger partial charge in [0.15, 0.2) is 0 Å². The average Bonchev–Trinajstić information content (AvgIpc) is 2.74. The van der Waals surface area contributed by atoms with Crippen LogP contribution in [0.4, 0.5) is 11.4 Å². The number of fused-ring (bicyclic) bond motifs is 1. The van der Waals surface area contributed by atoms with Gasteiger partial charge in [-0.25, -0.2) is 4.98 Å². The summed E-state index contributed by atoms with van der Waals surface area (Å²) in [5, 5.41) is 4.71. The Hall–Kier alpha value is -3.59. The van der Waals surface area contributed by atoms with Crippen LogP contribution >= 0.6 is 0 Å². The molecule has 0 bridgehead atoms. The molecule has 3 heteroatoms. The Labute approximate surface area is 171 Å². The van der Waals surface area contributed by atoms with Crippen molar-refractivity contribution in [1.29, 1.82) is 0 Å². The number of aromatic nitrogens is 1. The Balaban J connectivity index is 1.70. The van der Waals surface area contributed by atoms with Gasteiger partial charge in [0, 0.05) is 11.1 Å². The van der Waals surface area contributed by atoms with E-state index in [4.69, 9.17) is 9.72 Å². The number of anilines is 2. The third-order valence-corrected chi connectivity index (χ3v) is 4.95. The number of hydrogen-bond acceptors (Lipinski definition) is 3. The van der Waals surface area contributed by atoms with Gasteiger partial charge in [-0.05, 0) is 61.4 Å². The molecule has 0 fully saturated rings. The third kappa shape index (κ3) is 4.30. The van der Waals surface area contributed by atoms with E-state index in [0.717, 1.165) is 39.3 Å². The number of nitrogens with zero attached hydrogens (tertiary/aromatic N) is 1. The molecule has 4 rings (SSSR count). The molecule has 3 nitrogen and oxygen atoms in total. The maximum Gasteiger partial charge on any atom is 0.118 e. The Morgan fingerprint density at radius 1 is 0.828 bits per heavy atom. The van der Waals surface area contributed by atoms with Crippen molar-refractivity contribution in [3.8, 4) is 5.75 Å². The van der Waals surface area contributed by atoms with Crippen molar-refractivity contribution < 1.29 is 4.74 Å². The van der Waals surface area contributed by atoms with Crippen molar-refractivity contribution >= 4 is 34.4 Å². The lowest BCUT2D eigenvalue weighted by molar-refractivity contribution is 0.415. The van der Waals surface area contributed by atoms with Gasteiger partial charge in [0.25, 0.3) is 0 Å². The molecule has 3 aromatic carbocycles. The van der Waals surface area contributed by atoms with Crippen LogP contribution in [0.15, 0.2) is 72.8 Å². The SMILES string of the molecule is COc1ccc(C=Cc2cc(Nc3ccc(C)cc3C)c3ccccc3n2)cc1. The van der Waals surface area contributed by atoms with Crippen LogP contribution in [0.1, 0.15) is 22.4 Å². The summed E-state index contributed by atoms with van der Waals surface area (Å²) in [6.45, 7) is 4.24. The summed E-state index contributed by atoms with van der Waals surface area (Å²) in [5.41, 5.74) is 7.62. The molecule has 0 saturated carbocycles.